The molecule has 0 spiro atoms. The van der Waals surface area contributed by atoms with Gasteiger partial charge in [0, 0.05) is 5.56 Å². The Kier molecular flexibility index (Phi) is 3.81. The third kappa shape index (κ3) is 2.47. The molecule has 0 amide bonds. The number of thiophene rings is 1. The third-order valence-electron chi connectivity index (χ3n) is 3.84. The second-order valence-electron chi connectivity index (χ2n) is 5.32. The highest BCUT2D eigenvalue weighted by Gasteiger charge is 2.21. The summed E-state index contributed by atoms with van der Waals surface area (Å²) in [5.41, 5.74) is 4.07. The van der Waals surface area contributed by atoms with Gasteiger partial charge in [-0.2, -0.15) is 5.10 Å². The van der Waals surface area contributed by atoms with Crippen LogP contribution in [-0.4, -0.2) is 16.1 Å². The van der Waals surface area contributed by atoms with Gasteiger partial charge in [0.15, 0.2) is 6.29 Å². The van der Waals surface area contributed by atoms with Crippen LogP contribution in [0.5, 0.6) is 0 Å². The van der Waals surface area contributed by atoms with E-state index < -0.39 is 0 Å². The predicted molar refractivity (Wildman–Crippen MR) is 97.7 cm³/mol. The maximum absolute atomic E-state index is 11.9. The molecule has 3 nitrogen and oxygen atoms in total. The number of benzene rings is 2. The average Bonchev–Trinajstić information content (AvgIpc) is 3.30. The summed E-state index contributed by atoms with van der Waals surface area (Å²) in [6, 6.07) is 23.8. The normalized spacial score (nSPS) is 10.7. The summed E-state index contributed by atoms with van der Waals surface area (Å²) < 4.78 is 1.86. The van der Waals surface area contributed by atoms with Crippen molar-refractivity contribution in [3.63, 3.8) is 0 Å². The molecule has 0 aliphatic heterocycles. The van der Waals surface area contributed by atoms with E-state index >= 15 is 0 Å². The first-order chi connectivity index (χ1) is 11.9. The number of aldehydes is 1. The summed E-state index contributed by atoms with van der Waals surface area (Å²) in [5.74, 6) is 0. The van der Waals surface area contributed by atoms with Crippen molar-refractivity contribution in [3.8, 4) is 27.5 Å². The Labute approximate surface area is 143 Å². The van der Waals surface area contributed by atoms with Gasteiger partial charge in [0.1, 0.15) is 5.69 Å². The lowest BCUT2D eigenvalue weighted by atomic mass is 10.1. The fourth-order valence-corrected chi connectivity index (χ4v) is 3.49. The summed E-state index contributed by atoms with van der Waals surface area (Å²) in [6.07, 6.45) is 0.907. The Morgan fingerprint density at radius 2 is 1.58 bits per heavy atom. The van der Waals surface area contributed by atoms with Crippen LogP contribution < -0.4 is 0 Å². The highest BCUT2D eigenvalue weighted by Crippen LogP contribution is 2.34. The van der Waals surface area contributed by atoms with Gasteiger partial charge in [0.25, 0.3) is 0 Å². The van der Waals surface area contributed by atoms with Crippen molar-refractivity contribution in [2.24, 2.45) is 0 Å². The highest BCUT2D eigenvalue weighted by atomic mass is 32.1. The monoisotopic (exact) mass is 330 g/mol. The molecule has 4 heteroatoms. The molecule has 0 unspecified atom stereocenters. The van der Waals surface area contributed by atoms with Crippen LogP contribution in [0.25, 0.3) is 27.5 Å². The van der Waals surface area contributed by atoms with E-state index in [9.17, 15) is 4.79 Å². The van der Waals surface area contributed by atoms with Crippen LogP contribution in [0.1, 0.15) is 10.4 Å². The molecule has 116 valence electrons. The van der Waals surface area contributed by atoms with Crippen molar-refractivity contribution in [1.82, 2.24) is 9.78 Å². The minimum atomic E-state index is 0.618. The molecule has 0 radical (unpaired) electrons. The molecule has 2 aromatic carbocycles. The van der Waals surface area contributed by atoms with Gasteiger partial charge in [0.2, 0.25) is 0 Å². The molecule has 0 aliphatic rings. The smallest absolute Gasteiger partial charge is 0.154 e. The molecule has 0 N–H and O–H groups in total. The molecule has 0 fully saturated rings. The Hall–Kier alpha value is -2.98. The number of rotatable bonds is 4. The van der Waals surface area contributed by atoms with Gasteiger partial charge in [-0.05, 0) is 23.6 Å². The van der Waals surface area contributed by atoms with Crippen molar-refractivity contribution in [2.45, 2.75) is 0 Å². The minimum Gasteiger partial charge on any atom is -0.298 e. The molecule has 2 heterocycles. The molecular weight excluding hydrogens is 316 g/mol. The lowest BCUT2D eigenvalue weighted by Gasteiger charge is -2.08. The Balaban J connectivity index is 2.04. The molecule has 0 aliphatic carbocycles. The fraction of sp³-hybridized carbons (Fsp3) is 0. The predicted octanol–water partition coefficient (Wildman–Crippen LogP) is 5.08. The van der Waals surface area contributed by atoms with Crippen molar-refractivity contribution in [2.75, 3.05) is 0 Å². The first-order valence-electron chi connectivity index (χ1n) is 7.61. The van der Waals surface area contributed by atoms with Gasteiger partial charge >= 0.3 is 0 Å². The molecule has 0 bridgehead atoms. The topological polar surface area (TPSA) is 34.9 Å². The number of carbonyl (C=O) groups excluding carboxylic acids is 1. The van der Waals surface area contributed by atoms with Crippen LogP contribution in [-0.2, 0) is 0 Å². The van der Waals surface area contributed by atoms with Gasteiger partial charge in [0.05, 0.1) is 21.8 Å². The van der Waals surface area contributed by atoms with Gasteiger partial charge in [-0.1, -0.05) is 54.6 Å². The lowest BCUT2D eigenvalue weighted by Crippen LogP contribution is -1.99. The van der Waals surface area contributed by atoms with Crippen LogP contribution in [0, 0.1) is 0 Å². The van der Waals surface area contributed by atoms with Gasteiger partial charge in [-0.25, -0.2) is 4.68 Å². The van der Waals surface area contributed by atoms with Crippen LogP contribution in [0.2, 0.25) is 0 Å². The molecule has 0 saturated heterocycles. The number of hydrogen-bond donors (Lipinski definition) is 0. The standard InChI is InChI=1S/C20H14N2OS/c23-14-17-19(18-12-7-13-24-18)21-22(16-10-5-2-6-11-16)20(17)15-8-3-1-4-9-15/h1-14H. The number of aromatic nitrogens is 2. The number of carbonyl (C=O) groups is 1. The Bertz CT molecular complexity index is 958. The Morgan fingerprint density at radius 3 is 2.21 bits per heavy atom. The van der Waals surface area contributed by atoms with Crippen LogP contribution in [0.3, 0.4) is 0 Å². The summed E-state index contributed by atoms with van der Waals surface area (Å²) in [6.45, 7) is 0. The van der Waals surface area contributed by atoms with Crippen molar-refractivity contribution in [1.29, 1.82) is 0 Å². The quantitative estimate of drug-likeness (QED) is 0.489. The number of nitrogens with zero attached hydrogens (tertiary/aromatic N) is 2. The van der Waals surface area contributed by atoms with E-state index in [0.717, 1.165) is 33.8 Å². The van der Waals surface area contributed by atoms with E-state index in [-0.39, 0.29) is 0 Å². The zero-order valence-corrected chi connectivity index (χ0v) is 13.6. The van der Waals surface area contributed by atoms with E-state index in [2.05, 4.69) is 0 Å². The third-order valence-corrected chi connectivity index (χ3v) is 4.72. The van der Waals surface area contributed by atoms with Crippen LogP contribution >= 0.6 is 11.3 Å². The average molecular weight is 330 g/mol. The molecule has 2 aromatic heterocycles. The summed E-state index contributed by atoms with van der Waals surface area (Å²) in [5, 5.41) is 6.76. The minimum absolute atomic E-state index is 0.618. The van der Waals surface area contributed by atoms with Gasteiger partial charge in [-0.15, -0.1) is 11.3 Å². The maximum atomic E-state index is 11.9. The Morgan fingerprint density at radius 1 is 0.875 bits per heavy atom. The molecule has 0 atom stereocenters. The van der Waals surface area contributed by atoms with E-state index in [4.69, 9.17) is 5.10 Å². The summed E-state index contributed by atoms with van der Waals surface area (Å²) in [4.78, 5) is 12.9. The molecule has 4 rings (SSSR count). The number of para-hydroxylation sites is 1. The first kappa shape index (κ1) is 14.6. The summed E-state index contributed by atoms with van der Waals surface area (Å²) >= 11 is 1.58. The molecule has 24 heavy (non-hydrogen) atoms. The maximum Gasteiger partial charge on any atom is 0.154 e. The molecular formula is C20H14N2OS. The SMILES string of the molecule is O=Cc1c(-c2cccs2)nn(-c2ccccc2)c1-c1ccccc1. The largest absolute Gasteiger partial charge is 0.298 e. The first-order valence-corrected chi connectivity index (χ1v) is 8.49. The zero-order valence-electron chi connectivity index (χ0n) is 12.8. The highest BCUT2D eigenvalue weighted by molar-refractivity contribution is 7.13. The van der Waals surface area contributed by atoms with Crippen molar-refractivity contribution in [3.05, 3.63) is 83.7 Å². The van der Waals surface area contributed by atoms with Crippen LogP contribution in [0.15, 0.2) is 78.2 Å². The second kappa shape index (κ2) is 6.26. The molecule has 4 aromatic rings. The van der Waals surface area contributed by atoms with Crippen molar-refractivity contribution >= 4 is 17.6 Å². The molecule has 0 saturated carbocycles. The number of hydrogen-bond acceptors (Lipinski definition) is 3. The lowest BCUT2D eigenvalue weighted by molar-refractivity contribution is 0.112. The van der Waals surface area contributed by atoms with Crippen LogP contribution in [0.4, 0.5) is 0 Å². The zero-order chi connectivity index (χ0) is 16.4. The fourth-order valence-electron chi connectivity index (χ4n) is 2.77. The second-order valence-corrected chi connectivity index (χ2v) is 6.27. The van der Waals surface area contributed by atoms with Gasteiger partial charge in [-0.3, -0.25) is 4.79 Å². The van der Waals surface area contributed by atoms with E-state index in [1.165, 1.54) is 0 Å². The van der Waals surface area contributed by atoms with E-state index in [1.54, 1.807) is 11.3 Å². The van der Waals surface area contributed by atoms with Crippen molar-refractivity contribution < 1.29 is 4.79 Å². The van der Waals surface area contributed by atoms with E-state index in [1.807, 2.05) is 82.9 Å². The van der Waals surface area contributed by atoms with E-state index in [0.29, 0.717) is 5.56 Å². The summed E-state index contributed by atoms with van der Waals surface area (Å²) in [7, 11) is 0. The van der Waals surface area contributed by atoms with Gasteiger partial charge < -0.3 is 0 Å².